The van der Waals surface area contributed by atoms with Crippen LogP contribution in [0.1, 0.15) is 31.1 Å². The second-order valence-corrected chi connectivity index (χ2v) is 4.73. The van der Waals surface area contributed by atoms with Crippen LogP contribution in [-0.2, 0) is 9.47 Å². The summed E-state index contributed by atoms with van der Waals surface area (Å²) in [5.74, 6) is -1.27. The predicted molar refractivity (Wildman–Crippen MR) is 74.6 cm³/mol. The molecule has 5 nitrogen and oxygen atoms in total. The van der Waals surface area contributed by atoms with Gasteiger partial charge in [0, 0.05) is 13.5 Å². The van der Waals surface area contributed by atoms with Gasteiger partial charge in [0.1, 0.15) is 11.3 Å². The van der Waals surface area contributed by atoms with E-state index in [4.69, 9.17) is 14.2 Å². The molecule has 0 spiro atoms. The minimum absolute atomic E-state index is 0.419. The molecule has 0 bridgehead atoms. The number of ether oxygens (including phenoxy) is 3. The Morgan fingerprint density at radius 2 is 1.90 bits per heavy atom. The average molecular weight is 279 g/mol. The minimum Gasteiger partial charge on any atom is -0.429 e. The molecule has 0 aromatic heterocycles. The van der Waals surface area contributed by atoms with E-state index in [1.54, 1.807) is 25.1 Å². The first-order valence-electron chi connectivity index (χ1n) is 6.95. The largest absolute Gasteiger partial charge is 0.429 e. The molecule has 0 aliphatic carbocycles. The molecule has 110 valence electrons. The van der Waals surface area contributed by atoms with Crippen LogP contribution in [0.3, 0.4) is 0 Å². The van der Waals surface area contributed by atoms with Gasteiger partial charge in [0.2, 0.25) is 0 Å². The van der Waals surface area contributed by atoms with E-state index in [1.165, 1.54) is 0 Å². The Balaban J connectivity index is 1.97. The molecule has 1 aromatic rings. The van der Waals surface area contributed by atoms with E-state index in [-0.39, 0.29) is 0 Å². The Labute approximate surface area is 119 Å². The summed E-state index contributed by atoms with van der Waals surface area (Å²) in [5, 5.41) is 0. The van der Waals surface area contributed by atoms with Crippen molar-refractivity contribution in [3.8, 4) is 5.75 Å². The van der Waals surface area contributed by atoms with Gasteiger partial charge < -0.3 is 19.1 Å². The maximum absolute atomic E-state index is 11.9. The molecule has 1 heterocycles. The van der Waals surface area contributed by atoms with Crippen LogP contribution < -0.4 is 4.74 Å². The first-order chi connectivity index (χ1) is 9.58. The van der Waals surface area contributed by atoms with E-state index < -0.39 is 11.9 Å². The molecule has 0 amide bonds. The quantitative estimate of drug-likeness (QED) is 0.748. The fraction of sp³-hybridized carbons (Fsp3) is 0.533. The van der Waals surface area contributed by atoms with Gasteiger partial charge in [-0.1, -0.05) is 26.0 Å². The van der Waals surface area contributed by atoms with Crippen molar-refractivity contribution in [2.24, 2.45) is 0 Å². The zero-order chi connectivity index (χ0) is 14.6. The standard InChI is InChI=1S/C15H21NO4/c1-4-16(5-2)10-11-18-15(3)19-13-9-7-6-8-12(13)14(17)20-15/h6-9H,4-5,10-11H2,1-3H3. The van der Waals surface area contributed by atoms with Crippen LogP contribution in [0, 0.1) is 0 Å². The summed E-state index contributed by atoms with van der Waals surface area (Å²) < 4.78 is 16.5. The highest BCUT2D eigenvalue weighted by molar-refractivity contribution is 5.93. The molecule has 0 N–H and O–H groups in total. The lowest BCUT2D eigenvalue weighted by Crippen LogP contribution is -2.45. The van der Waals surface area contributed by atoms with E-state index in [0.717, 1.165) is 19.6 Å². The highest BCUT2D eigenvalue weighted by atomic mass is 16.9. The third-order valence-corrected chi connectivity index (χ3v) is 3.35. The first kappa shape index (κ1) is 14.8. The number of fused-ring (bicyclic) bond motifs is 1. The van der Waals surface area contributed by atoms with Crippen molar-refractivity contribution in [2.45, 2.75) is 26.7 Å². The van der Waals surface area contributed by atoms with E-state index in [0.29, 0.717) is 17.9 Å². The number of hydrogen-bond donors (Lipinski definition) is 0. The molecule has 0 saturated heterocycles. The van der Waals surface area contributed by atoms with Crippen LogP contribution in [0.25, 0.3) is 0 Å². The van der Waals surface area contributed by atoms with Crippen LogP contribution in [0.2, 0.25) is 0 Å². The Kier molecular flexibility index (Phi) is 4.62. The first-order valence-corrected chi connectivity index (χ1v) is 6.95. The molecule has 1 atom stereocenters. The van der Waals surface area contributed by atoms with Gasteiger partial charge in [-0.3, -0.25) is 0 Å². The lowest BCUT2D eigenvalue weighted by Gasteiger charge is -2.34. The molecule has 20 heavy (non-hydrogen) atoms. The van der Waals surface area contributed by atoms with Gasteiger partial charge in [-0.2, -0.15) is 0 Å². The van der Waals surface area contributed by atoms with Crippen molar-refractivity contribution >= 4 is 5.97 Å². The Morgan fingerprint density at radius 3 is 2.60 bits per heavy atom. The normalized spacial score (nSPS) is 21.3. The van der Waals surface area contributed by atoms with Crippen LogP contribution >= 0.6 is 0 Å². The number of likely N-dealkylation sites (N-methyl/N-ethyl adjacent to an activating group) is 1. The lowest BCUT2D eigenvalue weighted by atomic mass is 10.2. The minimum atomic E-state index is -1.35. The zero-order valence-electron chi connectivity index (χ0n) is 12.2. The summed E-state index contributed by atoms with van der Waals surface area (Å²) >= 11 is 0. The molecule has 2 rings (SSSR count). The Bertz CT molecular complexity index is 473. The number of rotatable bonds is 6. The molecule has 1 aliphatic heterocycles. The molecule has 1 aliphatic rings. The maximum atomic E-state index is 11.9. The molecule has 5 heteroatoms. The summed E-state index contributed by atoms with van der Waals surface area (Å²) in [7, 11) is 0. The van der Waals surface area contributed by atoms with Crippen molar-refractivity contribution < 1.29 is 19.0 Å². The fourth-order valence-electron chi connectivity index (χ4n) is 2.13. The monoisotopic (exact) mass is 279 g/mol. The molecule has 0 saturated carbocycles. The van der Waals surface area contributed by atoms with Gasteiger partial charge >= 0.3 is 11.9 Å². The highest BCUT2D eigenvalue weighted by Gasteiger charge is 2.39. The van der Waals surface area contributed by atoms with Crippen molar-refractivity contribution in [2.75, 3.05) is 26.2 Å². The number of benzene rings is 1. The van der Waals surface area contributed by atoms with E-state index in [1.807, 2.05) is 6.07 Å². The molecule has 1 aromatic carbocycles. The number of nitrogens with zero attached hydrogens (tertiary/aromatic N) is 1. The van der Waals surface area contributed by atoms with Crippen molar-refractivity contribution in [1.82, 2.24) is 4.90 Å². The Hall–Kier alpha value is -1.59. The lowest BCUT2D eigenvalue weighted by molar-refractivity contribution is -0.309. The number of para-hydroxylation sites is 1. The molecule has 0 fully saturated rings. The van der Waals surface area contributed by atoms with E-state index in [9.17, 15) is 4.79 Å². The van der Waals surface area contributed by atoms with Crippen LogP contribution in [0.5, 0.6) is 5.75 Å². The third-order valence-electron chi connectivity index (χ3n) is 3.35. The molecular weight excluding hydrogens is 258 g/mol. The van der Waals surface area contributed by atoms with Crippen molar-refractivity contribution in [3.05, 3.63) is 29.8 Å². The molecule has 1 unspecified atom stereocenters. The summed E-state index contributed by atoms with van der Waals surface area (Å²) in [4.78, 5) is 14.1. The number of hydrogen-bond acceptors (Lipinski definition) is 5. The van der Waals surface area contributed by atoms with Crippen molar-refractivity contribution in [3.63, 3.8) is 0 Å². The average Bonchev–Trinajstić information content (AvgIpc) is 2.43. The maximum Gasteiger partial charge on any atom is 0.370 e. The number of cyclic esters (lactones) is 1. The second kappa shape index (κ2) is 6.24. The van der Waals surface area contributed by atoms with Crippen LogP contribution in [-0.4, -0.2) is 43.1 Å². The predicted octanol–water partition coefficient (Wildman–Crippen LogP) is 2.27. The molecule has 0 radical (unpaired) electrons. The van der Waals surface area contributed by atoms with Gasteiger partial charge in [0.05, 0.1) is 6.61 Å². The van der Waals surface area contributed by atoms with E-state index in [2.05, 4.69) is 18.7 Å². The summed E-state index contributed by atoms with van der Waals surface area (Å²) in [6.45, 7) is 8.93. The summed E-state index contributed by atoms with van der Waals surface area (Å²) in [6.07, 6.45) is 0. The summed E-state index contributed by atoms with van der Waals surface area (Å²) in [5.41, 5.74) is 0.428. The van der Waals surface area contributed by atoms with E-state index >= 15 is 0 Å². The Morgan fingerprint density at radius 1 is 1.20 bits per heavy atom. The fourth-order valence-corrected chi connectivity index (χ4v) is 2.13. The third kappa shape index (κ3) is 3.29. The number of carbonyl (C=O) groups excluding carboxylic acids is 1. The topological polar surface area (TPSA) is 48.0 Å². The van der Waals surface area contributed by atoms with Gasteiger partial charge in [-0.15, -0.1) is 0 Å². The molecular formula is C15H21NO4. The highest BCUT2D eigenvalue weighted by Crippen LogP contribution is 2.31. The van der Waals surface area contributed by atoms with Gasteiger partial charge in [0.15, 0.2) is 0 Å². The van der Waals surface area contributed by atoms with Gasteiger partial charge in [-0.05, 0) is 25.2 Å². The van der Waals surface area contributed by atoms with Gasteiger partial charge in [0.25, 0.3) is 0 Å². The zero-order valence-corrected chi connectivity index (χ0v) is 12.2. The SMILES string of the molecule is CCN(CC)CCOC1(C)OC(=O)c2ccccc2O1. The van der Waals surface area contributed by atoms with Crippen LogP contribution in [0.4, 0.5) is 0 Å². The van der Waals surface area contributed by atoms with Crippen LogP contribution in [0.15, 0.2) is 24.3 Å². The smallest absolute Gasteiger partial charge is 0.370 e. The number of esters is 1. The second-order valence-electron chi connectivity index (χ2n) is 4.73. The summed E-state index contributed by atoms with van der Waals surface area (Å²) in [6, 6.07) is 7.00. The van der Waals surface area contributed by atoms with Gasteiger partial charge in [-0.25, -0.2) is 4.79 Å². The van der Waals surface area contributed by atoms with Crippen molar-refractivity contribution in [1.29, 1.82) is 0 Å². The number of carbonyl (C=O) groups is 1.